The fourth-order valence-electron chi connectivity index (χ4n) is 3.39. The summed E-state index contributed by atoms with van der Waals surface area (Å²) in [4.78, 5) is 11.5. The third kappa shape index (κ3) is 4.73. The summed E-state index contributed by atoms with van der Waals surface area (Å²) in [7, 11) is 1.69. The number of rotatable bonds is 7. The Balaban J connectivity index is 1.56. The van der Waals surface area contributed by atoms with E-state index in [4.69, 9.17) is 4.74 Å². The minimum atomic E-state index is 0.309. The first-order valence-electron chi connectivity index (χ1n) is 9.62. The molecule has 0 saturated carbocycles. The molecule has 0 aliphatic carbocycles. The van der Waals surface area contributed by atoms with Crippen LogP contribution < -0.4 is 15.0 Å². The highest BCUT2D eigenvalue weighted by molar-refractivity contribution is 5.31. The van der Waals surface area contributed by atoms with Crippen molar-refractivity contribution in [1.29, 1.82) is 0 Å². The standard InChI is InChI=1S/C21H30N4O/c1-4-20(18-5-7-19(26-3)8-6-18)22-13-17-14-23-21(24-15-17)25-11-9-16(2)10-12-25/h5-8,14-16,20,22H,4,9-13H2,1-3H3. The van der Waals surface area contributed by atoms with Gasteiger partial charge in [-0.25, -0.2) is 9.97 Å². The summed E-state index contributed by atoms with van der Waals surface area (Å²) in [6.07, 6.45) is 7.39. The molecule has 1 aromatic carbocycles. The van der Waals surface area contributed by atoms with Crippen LogP contribution in [0.2, 0.25) is 0 Å². The molecule has 2 heterocycles. The lowest BCUT2D eigenvalue weighted by molar-refractivity contribution is 0.414. The van der Waals surface area contributed by atoms with Gasteiger partial charge >= 0.3 is 0 Å². The van der Waals surface area contributed by atoms with Crippen molar-refractivity contribution in [3.8, 4) is 5.75 Å². The van der Waals surface area contributed by atoms with Crippen molar-refractivity contribution in [3.05, 3.63) is 47.8 Å². The van der Waals surface area contributed by atoms with Crippen molar-refractivity contribution in [2.24, 2.45) is 5.92 Å². The van der Waals surface area contributed by atoms with Crippen LogP contribution in [0.4, 0.5) is 5.95 Å². The van der Waals surface area contributed by atoms with E-state index in [0.29, 0.717) is 6.04 Å². The van der Waals surface area contributed by atoms with Gasteiger partial charge in [-0.05, 0) is 42.9 Å². The lowest BCUT2D eigenvalue weighted by Gasteiger charge is -2.30. The lowest BCUT2D eigenvalue weighted by atomic mass is 10.00. The number of nitrogens with zero attached hydrogens (tertiary/aromatic N) is 3. The van der Waals surface area contributed by atoms with E-state index in [2.05, 4.69) is 46.2 Å². The normalized spacial score (nSPS) is 16.5. The molecule has 1 aliphatic heterocycles. The third-order valence-electron chi connectivity index (χ3n) is 5.24. The van der Waals surface area contributed by atoms with E-state index in [1.165, 1.54) is 18.4 Å². The Morgan fingerprint density at radius 3 is 2.38 bits per heavy atom. The molecule has 0 spiro atoms. The van der Waals surface area contributed by atoms with Gasteiger partial charge in [-0.1, -0.05) is 26.0 Å². The number of anilines is 1. The molecule has 0 bridgehead atoms. The zero-order valence-corrected chi connectivity index (χ0v) is 16.1. The molecule has 1 N–H and O–H groups in total. The van der Waals surface area contributed by atoms with Crippen LogP contribution in [0, 0.1) is 5.92 Å². The predicted molar refractivity (Wildman–Crippen MR) is 106 cm³/mol. The van der Waals surface area contributed by atoms with Crippen molar-refractivity contribution in [1.82, 2.24) is 15.3 Å². The zero-order chi connectivity index (χ0) is 18.4. The topological polar surface area (TPSA) is 50.3 Å². The Morgan fingerprint density at radius 1 is 1.15 bits per heavy atom. The number of hydrogen-bond acceptors (Lipinski definition) is 5. The first kappa shape index (κ1) is 18.6. The molecule has 140 valence electrons. The van der Waals surface area contributed by atoms with Gasteiger partial charge in [0.05, 0.1) is 7.11 Å². The van der Waals surface area contributed by atoms with Gasteiger partial charge in [0, 0.05) is 43.6 Å². The molecule has 0 radical (unpaired) electrons. The fraction of sp³-hybridized carbons (Fsp3) is 0.524. The molecule has 1 saturated heterocycles. The monoisotopic (exact) mass is 354 g/mol. The number of methoxy groups -OCH3 is 1. The van der Waals surface area contributed by atoms with Gasteiger partial charge in [0.25, 0.3) is 0 Å². The second-order valence-corrected chi connectivity index (χ2v) is 7.18. The predicted octanol–water partition coefficient (Wildman–Crippen LogP) is 3.96. The van der Waals surface area contributed by atoms with Crippen LogP contribution in [0.1, 0.15) is 50.3 Å². The summed E-state index contributed by atoms with van der Waals surface area (Å²) >= 11 is 0. The van der Waals surface area contributed by atoms with Crippen molar-refractivity contribution < 1.29 is 4.74 Å². The van der Waals surface area contributed by atoms with Crippen molar-refractivity contribution >= 4 is 5.95 Å². The fourth-order valence-corrected chi connectivity index (χ4v) is 3.39. The molecule has 1 atom stereocenters. The molecule has 26 heavy (non-hydrogen) atoms. The molecule has 1 aromatic heterocycles. The second kappa shape index (κ2) is 8.99. The molecular formula is C21H30N4O. The average molecular weight is 354 g/mol. The Morgan fingerprint density at radius 2 is 1.81 bits per heavy atom. The van der Waals surface area contributed by atoms with Crippen LogP contribution in [0.3, 0.4) is 0 Å². The molecular weight excluding hydrogens is 324 g/mol. The van der Waals surface area contributed by atoms with E-state index in [1.54, 1.807) is 7.11 Å². The van der Waals surface area contributed by atoms with Crippen LogP contribution >= 0.6 is 0 Å². The molecule has 5 nitrogen and oxygen atoms in total. The minimum Gasteiger partial charge on any atom is -0.497 e. The highest BCUT2D eigenvalue weighted by atomic mass is 16.5. The number of benzene rings is 1. The number of nitrogens with one attached hydrogen (secondary N) is 1. The van der Waals surface area contributed by atoms with E-state index in [0.717, 1.165) is 49.2 Å². The number of ether oxygens (including phenoxy) is 1. The first-order valence-corrected chi connectivity index (χ1v) is 9.62. The van der Waals surface area contributed by atoms with E-state index in [1.807, 2.05) is 24.5 Å². The quantitative estimate of drug-likeness (QED) is 0.815. The highest BCUT2D eigenvalue weighted by Gasteiger charge is 2.17. The number of piperidine rings is 1. The molecule has 0 amide bonds. The van der Waals surface area contributed by atoms with Crippen LogP contribution in [-0.2, 0) is 6.54 Å². The summed E-state index contributed by atoms with van der Waals surface area (Å²) in [5.41, 5.74) is 2.39. The minimum absolute atomic E-state index is 0.309. The summed E-state index contributed by atoms with van der Waals surface area (Å²) in [6, 6.07) is 8.58. The van der Waals surface area contributed by atoms with Crippen LogP contribution in [0.15, 0.2) is 36.7 Å². The van der Waals surface area contributed by atoms with E-state index >= 15 is 0 Å². The Bertz CT molecular complexity index is 663. The molecule has 3 rings (SSSR count). The number of hydrogen-bond donors (Lipinski definition) is 1. The highest BCUT2D eigenvalue weighted by Crippen LogP contribution is 2.21. The second-order valence-electron chi connectivity index (χ2n) is 7.18. The molecule has 2 aromatic rings. The van der Waals surface area contributed by atoms with E-state index in [9.17, 15) is 0 Å². The third-order valence-corrected chi connectivity index (χ3v) is 5.24. The molecule has 1 fully saturated rings. The average Bonchev–Trinajstić information content (AvgIpc) is 2.70. The summed E-state index contributed by atoms with van der Waals surface area (Å²) in [5, 5.41) is 3.61. The van der Waals surface area contributed by atoms with Gasteiger partial charge in [0.15, 0.2) is 0 Å². The zero-order valence-electron chi connectivity index (χ0n) is 16.1. The van der Waals surface area contributed by atoms with E-state index in [-0.39, 0.29) is 0 Å². The maximum atomic E-state index is 5.24. The van der Waals surface area contributed by atoms with Gasteiger partial charge in [-0.15, -0.1) is 0 Å². The largest absolute Gasteiger partial charge is 0.497 e. The maximum Gasteiger partial charge on any atom is 0.225 e. The Kier molecular flexibility index (Phi) is 6.45. The smallest absolute Gasteiger partial charge is 0.225 e. The van der Waals surface area contributed by atoms with Gasteiger partial charge in [-0.2, -0.15) is 0 Å². The summed E-state index contributed by atoms with van der Waals surface area (Å²) in [6.45, 7) is 7.41. The van der Waals surface area contributed by atoms with Crippen LogP contribution in [-0.4, -0.2) is 30.2 Å². The van der Waals surface area contributed by atoms with Crippen molar-refractivity contribution in [3.63, 3.8) is 0 Å². The van der Waals surface area contributed by atoms with E-state index < -0.39 is 0 Å². The van der Waals surface area contributed by atoms with Gasteiger partial charge in [-0.3, -0.25) is 0 Å². The molecule has 1 unspecified atom stereocenters. The maximum absolute atomic E-state index is 5.24. The first-order chi connectivity index (χ1) is 12.7. The molecule has 5 heteroatoms. The summed E-state index contributed by atoms with van der Waals surface area (Å²) in [5.74, 6) is 2.57. The van der Waals surface area contributed by atoms with Gasteiger partial charge < -0.3 is 15.0 Å². The number of aromatic nitrogens is 2. The summed E-state index contributed by atoms with van der Waals surface area (Å²) < 4.78 is 5.24. The van der Waals surface area contributed by atoms with Gasteiger partial charge in [0.2, 0.25) is 5.95 Å². The van der Waals surface area contributed by atoms with Crippen molar-refractivity contribution in [2.45, 2.75) is 45.7 Å². The lowest BCUT2D eigenvalue weighted by Crippen LogP contribution is -2.34. The SMILES string of the molecule is CCC(NCc1cnc(N2CCC(C)CC2)nc1)c1ccc(OC)cc1. The Hall–Kier alpha value is -2.14. The Labute approximate surface area is 156 Å². The van der Waals surface area contributed by atoms with Crippen molar-refractivity contribution in [2.75, 3.05) is 25.1 Å². The van der Waals surface area contributed by atoms with Crippen LogP contribution in [0.5, 0.6) is 5.75 Å². The van der Waals surface area contributed by atoms with Gasteiger partial charge in [0.1, 0.15) is 5.75 Å². The molecule has 1 aliphatic rings. The van der Waals surface area contributed by atoms with Crippen LogP contribution in [0.25, 0.3) is 0 Å².